The summed E-state index contributed by atoms with van der Waals surface area (Å²) in [6, 6.07) is 15.0. The van der Waals surface area contributed by atoms with E-state index < -0.39 is 0 Å². The van der Waals surface area contributed by atoms with Gasteiger partial charge in [-0.25, -0.2) is 4.39 Å². The molecule has 1 N–H and O–H groups in total. The maximum absolute atomic E-state index is 13.6. The van der Waals surface area contributed by atoms with Crippen molar-refractivity contribution in [2.24, 2.45) is 0 Å². The predicted octanol–water partition coefficient (Wildman–Crippen LogP) is 4.28. The van der Waals surface area contributed by atoms with Gasteiger partial charge in [-0.3, -0.25) is 0 Å². The van der Waals surface area contributed by atoms with Crippen LogP contribution in [0.5, 0.6) is 5.75 Å². The molecule has 0 aliphatic heterocycles. The highest BCUT2D eigenvalue weighted by atomic mass is 32.2. The number of nitrogens with one attached hydrogen (secondary N) is 1. The number of rotatable bonds is 7. The number of benzene rings is 2. The fourth-order valence-electron chi connectivity index (χ4n) is 2.07. The van der Waals surface area contributed by atoms with E-state index in [1.54, 1.807) is 6.07 Å². The lowest BCUT2D eigenvalue weighted by Gasteiger charge is -2.17. The molecule has 0 aromatic heterocycles. The summed E-state index contributed by atoms with van der Waals surface area (Å²) in [5, 5.41) is 3.28. The molecular formula is C17H20FNOS. The number of ether oxygens (including phenoxy) is 1. The average molecular weight is 305 g/mol. The van der Waals surface area contributed by atoms with Crippen LogP contribution in [-0.4, -0.2) is 19.4 Å². The largest absolute Gasteiger partial charge is 0.494 e. The number of thioether (sulfide) groups is 1. The zero-order valence-electron chi connectivity index (χ0n) is 12.3. The highest BCUT2D eigenvalue weighted by Gasteiger charge is 2.12. The summed E-state index contributed by atoms with van der Waals surface area (Å²) in [5.74, 6) is 1.46. The molecule has 4 heteroatoms. The van der Waals surface area contributed by atoms with Gasteiger partial charge in [-0.15, -0.1) is 11.8 Å². The Bertz CT molecular complexity index is 576. The number of hydrogen-bond acceptors (Lipinski definition) is 3. The summed E-state index contributed by atoms with van der Waals surface area (Å²) in [6.45, 7) is 2.62. The molecule has 21 heavy (non-hydrogen) atoms. The second-order valence-corrected chi connectivity index (χ2v) is 5.65. The summed E-state index contributed by atoms with van der Waals surface area (Å²) >= 11 is 1.52. The molecule has 0 bridgehead atoms. The van der Waals surface area contributed by atoms with Crippen molar-refractivity contribution in [1.29, 1.82) is 0 Å². The van der Waals surface area contributed by atoms with Gasteiger partial charge in [-0.2, -0.15) is 0 Å². The van der Waals surface area contributed by atoms with Crippen molar-refractivity contribution in [3.05, 3.63) is 59.9 Å². The van der Waals surface area contributed by atoms with E-state index in [1.807, 2.05) is 44.3 Å². The van der Waals surface area contributed by atoms with Gasteiger partial charge in [0, 0.05) is 16.7 Å². The lowest BCUT2D eigenvalue weighted by molar-refractivity contribution is 0.339. The Kier molecular flexibility index (Phi) is 6.08. The molecule has 0 aliphatic rings. The molecule has 2 aromatic rings. The van der Waals surface area contributed by atoms with Gasteiger partial charge in [-0.1, -0.05) is 24.3 Å². The van der Waals surface area contributed by atoms with E-state index in [4.69, 9.17) is 4.74 Å². The van der Waals surface area contributed by atoms with Crippen LogP contribution in [0, 0.1) is 5.82 Å². The van der Waals surface area contributed by atoms with E-state index in [-0.39, 0.29) is 11.9 Å². The highest BCUT2D eigenvalue weighted by molar-refractivity contribution is 7.99. The molecule has 0 fully saturated rings. The molecule has 2 aromatic carbocycles. The third kappa shape index (κ3) is 4.48. The van der Waals surface area contributed by atoms with Crippen LogP contribution in [0.25, 0.3) is 0 Å². The van der Waals surface area contributed by atoms with Gasteiger partial charge >= 0.3 is 0 Å². The molecule has 2 rings (SSSR count). The first kappa shape index (κ1) is 15.9. The van der Waals surface area contributed by atoms with Crippen LogP contribution in [0.15, 0.2) is 53.4 Å². The molecule has 0 saturated carbocycles. The molecule has 0 radical (unpaired) electrons. The molecule has 112 valence electrons. The third-order valence-electron chi connectivity index (χ3n) is 3.16. The van der Waals surface area contributed by atoms with Crippen LogP contribution in [0.2, 0.25) is 0 Å². The van der Waals surface area contributed by atoms with Crippen molar-refractivity contribution in [2.75, 3.05) is 19.4 Å². The molecule has 0 spiro atoms. The molecule has 2 nitrogen and oxygen atoms in total. The number of halogens is 1. The Morgan fingerprint density at radius 1 is 1.19 bits per heavy atom. The third-order valence-corrected chi connectivity index (χ3v) is 4.30. The minimum absolute atomic E-state index is 0.148. The van der Waals surface area contributed by atoms with Gasteiger partial charge in [-0.05, 0) is 43.8 Å². The Hall–Kier alpha value is -1.52. The molecule has 0 amide bonds. The van der Waals surface area contributed by atoms with Crippen LogP contribution in [-0.2, 0) is 0 Å². The molecule has 0 aliphatic carbocycles. The SMILES string of the molecule is CCOc1cccc(C(CSc2ccccc2F)NC)c1. The first-order valence-corrected chi connectivity index (χ1v) is 8.00. The molecule has 1 unspecified atom stereocenters. The van der Waals surface area contributed by atoms with E-state index in [0.29, 0.717) is 11.5 Å². The van der Waals surface area contributed by atoms with E-state index >= 15 is 0 Å². The lowest BCUT2D eigenvalue weighted by Crippen LogP contribution is -2.18. The monoisotopic (exact) mass is 305 g/mol. The van der Waals surface area contributed by atoms with E-state index in [9.17, 15) is 4.39 Å². The standard InChI is InChI=1S/C17H20FNOS/c1-3-20-14-8-6-7-13(11-14)16(19-2)12-21-17-10-5-4-9-15(17)18/h4-11,16,19H,3,12H2,1-2H3. The van der Waals surface area contributed by atoms with Crippen LogP contribution in [0.3, 0.4) is 0 Å². The normalized spacial score (nSPS) is 12.1. The van der Waals surface area contributed by atoms with Crippen molar-refractivity contribution in [3.63, 3.8) is 0 Å². The van der Waals surface area contributed by atoms with Crippen molar-refractivity contribution in [3.8, 4) is 5.75 Å². The van der Waals surface area contributed by atoms with Crippen molar-refractivity contribution in [2.45, 2.75) is 17.9 Å². The van der Waals surface area contributed by atoms with Crippen LogP contribution in [0.4, 0.5) is 4.39 Å². The second-order valence-electron chi connectivity index (χ2n) is 4.59. The summed E-state index contributed by atoms with van der Waals surface area (Å²) in [5.41, 5.74) is 1.15. The number of hydrogen-bond donors (Lipinski definition) is 1. The van der Waals surface area contributed by atoms with Crippen molar-refractivity contribution < 1.29 is 9.13 Å². The van der Waals surface area contributed by atoms with Gasteiger partial charge in [0.1, 0.15) is 11.6 Å². The van der Waals surface area contributed by atoms with Gasteiger partial charge in [0.25, 0.3) is 0 Å². The van der Waals surface area contributed by atoms with E-state index in [0.717, 1.165) is 17.1 Å². The van der Waals surface area contributed by atoms with Gasteiger partial charge in [0.2, 0.25) is 0 Å². The maximum atomic E-state index is 13.6. The minimum Gasteiger partial charge on any atom is -0.494 e. The Morgan fingerprint density at radius 3 is 2.71 bits per heavy atom. The van der Waals surface area contributed by atoms with Crippen molar-refractivity contribution in [1.82, 2.24) is 5.32 Å². The van der Waals surface area contributed by atoms with Crippen molar-refractivity contribution >= 4 is 11.8 Å². The quantitative estimate of drug-likeness (QED) is 0.772. The highest BCUT2D eigenvalue weighted by Crippen LogP contribution is 2.28. The van der Waals surface area contributed by atoms with Gasteiger partial charge in [0.05, 0.1) is 6.61 Å². The molecule has 0 saturated heterocycles. The average Bonchev–Trinajstić information content (AvgIpc) is 2.50. The van der Waals surface area contributed by atoms with Crippen LogP contribution < -0.4 is 10.1 Å². The molecule has 1 atom stereocenters. The minimum atomic E-state index is -0.166. The summed E-state index contributed by atoms with van der Waals surface area (Å²) in [4.78, 5) is 0.679. The molecular weight excluding hydrogens is 285 g/mol. The smallest absolute Gasteiger partial charge is 0.136 e. The zero-order chi connectivity index (χ0) is 15.1. The first-order chi connectivity index (χ1) is 10.2. The Morgan fingerprint density at radius 2 is 2.00 bits per heavy atom. The van der Waals surface area contributed by atoms with Gasteiger partial charge < -0.3 is 10.1 Å². The second kappa shape index (κ2) is 8.05. The maximum Gasteiger partial charge on any atom is 0.136 e. The summed E-state index contributed by atoms with van der Waals surface area (Å²) < 4.78 is 19.2. The lowest BCUT2D eigenvalue weighted by atomic mass is 10.1. The van der Waals surface area contributed by atoms with Gasteiger partial charge in [0.15, 0.2) is 0 Å². The first-order valence-electron chi connectivity index (χ1n) is 7.02. The predicted molar refractivity (Wildman–Crippen MR) is 86.5 cm³/mol. The Labute approximate surface area is 129 Å². The van der Waals surface area contributed by atoms with E-state index in [2.05, 4.69) is 11.4 Å². The summed E-state index contributed by atoms with van der Waals surface area (Å²) in [6.07, 6.45) is 0. The van der Waals surface area contributed by atoms with E-state index in [1.165, 1.54) is 17.8 Å². The Balaban J connectivity index is 2.06. The van der Waals surface area contributed by atoms with Crippen LogP contribution in [0.1, 0.15) is 18.5 Å². The zero-order valence-corrected chi connectivity index (χ0v) is 13.1. The fraction of sp³-hybridized carbons (Fsp3) is 0.294. The van der Waals surface area contributed by atoms with Crippen LogP contribution >= 0.6 is 11.8 Å². The summed E-state index contributed by atoms with van der Waals surface area (Å²) in [7, 11) is 1.92. The topological polar surface area (TPSA) is 21.3 Å². The molecule has 0 heterocycles. The fourth-order valence-corrected chi connectivity index (χ4v) is 3.15.